The average molecular weight is 569 g/mol. The van der Waals surface area contributed by atoms with Crippen molar-refractivity contribution in [1.82, 2.24) is 0 Å². The lowest BCUT2D eigenvalue weighted by Crippen LogP contribution is -2.45. The SMILES string of the molecule is CC1=C(/C=C/C(C)=C/C=C/C(C)=C/C=C/C=C(C)/C=C/C=C(\C)C2C=C3C(C)(C)C[C@H](O)C[C@@]3(C)O2)C(C)(C)CCC1. The Hall–Kier alpha value is -2.68. The van der Waals surface area contributed by atoms with Crippen LogP contribution in [0.5, 0.6) is 0 Å². The van der Waals surface area contributed by atoms with Crippen LogP contribution in [0.25, 0.3) is 0 Å². The third-order valence-electron chi connectivity index (χ3n) is 9.15. The number of aliphatic hydroxyl groups is 1. The molecule has 1 aliphatic heterocycles. The fourth-order valence-corrected chi connectivity index (χ4v) is 6.85. The van der Waals surface area contributed by atoms with E-state index < -0.39 is 0 Å². The normalized spacial score (nSPS) is 29.5. The van der Waals surface area contributed by atoms with Gasteiger partial charge in [-0.1, -0.05) is 123 Å². The summed E-state index contributed by atoms with van der Waals surface area (Å²) in [6.07, 6.45) is 33.0. The van der Waals surface area contributed by atoms with Crippen molar-refractivity contribution < 1.29 is 9.84 Å². The van der Waals surface area contributed by atoms with Crippen molar-refractivity contribution >= 4 is 0 Å². The summed E-state index contributed by atoms with van der Waals surface area (Å²) in [4.78, 5) is 0. The summed E-state index contributed by atoms with van der Waals surface area (Å²) in [5.41, 5.74) is 9.08. The Balaban J connectivity index is 1.52. The van der Waals surface area contributed by atoms with Crippen LogP contribution in [-0.2, 0) is 4.74 Å². The van der Waals surface area contributed by atoms with E-state index in [1.165, 1.54) is 58.3 Å². The van der Waals surface area contributed by atoms with Gasteiger partial charge in [-0.2, -0.15) is 0 Å². The molecule has 1 N–H and O–H groups in total. The highest BCUT2D eigenvalue weighted by atomic mass is 16.5. The van der Waals surface area contributed by atoms with Crippen LogP contribution in [-0.4, -0.2) is 22.9 Å². The maximum Gasteiger partial charge on any atom is 0.0982 e. The van der Waals surface area contributed by atoms with E-state index in [4.69, 9.17) is 4.74 Å². The molecule has 2 nitrogen and oxygen atoms in total. The largest absolute Gasteiger partial charge is 0.393 e. The molecule has 3 aliphatic rings. The molecule has 0 aromatic heterocycles. The number of fused-ring (bicyclic) bond motifs is 1. The number of ether oxygens (including phenoxy) is 1. The van der Waals surface area contributed by atoms with Crippen molar-refractivity contribution in [2.45, 2.75) is 119 Å². The minimum Gasteiger partial charge on any atom is -0.393 e. The molecule has 3 rings (SSSR count). The van der Waals surface area contributed by atoms with Gasteiger partial charge < -0.3 is 9.84 Å². The van der Waals surface area contributed by atoms with Gasteiger partial charge in [0, 0.05) is 6.42 Å². The Kier molecular flexibility index (Phi) is 11.4. The first kappa shape index (κ1) is 33.8. The van der Waals surface area contributed by atoms with Gasteiger partial charge in [-0.3, -0.25) is 0 Å². The quantitative estimate of drug-likeness (QED) is 0.221. The molecule has 1 saturated carbocycles. The average Bonchev–Trinajstić information content (AvgIpc) is 3.23. The summed E-state index contributed by atoms with van der Waals surface area (Å²) in [7, 11) is 0. The molecular formula is C40H56O2. The van der Waals surface area contributed by atoms with E-state index in [0.29, 0.717) is 6.42 Å². The lowest BCUT2D eigenvalue weighted by molar-refractivity contribution is -0.0683. The number of hydrogen-bond acceptors (Lipinski definition) is 2. The maximum atomic E-state index is 10.4. The van der Waals surface area contributed by atoms with Crippen molar-refractivity contribution in [2.24, 2.45) is 10.8 Å². The summed E-state index contributed by atoms with van der Waals surface area (Å²) in [5.74, 6) is 0. The van der Waals surface area contributed by atoms with E-state index in [2.05, 4.69) is 148 Å². The molecule has 1 fully saturated rings. The van der Waals surface area contributed by atoms with Gasteiger partial charge in [0.25, 0.3) is 0 Å². The predicted octanol–water partition coefficient (Wildman–Crippen LogP) is 10.8. The fraction of sp³-hybridized carbons (Fsp3) is 0.500. The lowest BCUT2D eigenvalue weighted by Gasteiger charge is -2.44. The highest BCUT2D eigenvalue weighted by molar-refractivity contribution is 5.39. The molecule has 2 heteroatoms. The smallest absolute Gasteiger partial charge is 0.0982 e. The maximum absolute atomic E-state index is 10.4. The number of aliphatic hydroxyl groups excluding tert-OH is 1. The van der Waals surface area contributed by atoms with E-state index in [1.807, 2.05) is 0 Å². The number of allylic oxidation sites excluding steroid dienone is 17. The second-order valence-electron chi connectivity index (χ2n) is 14.3. The highest BCUT2D eigenvalue weighted by Gasteiger charge is 2.50. The molecule has 0 amide bonds. The molecular weight excluding hydrogens is 512 g/mol. The molecule has 0 aromatic carbocycles. The highest BCUT2D eigenvalue weighted by Crippen LogP contribution is 2.52. The number of hydrogen-bond donors (Lipinski definition) is 1. The van der Waals surface area contributed by atoms with Crippen molar-refractivity contribution in [1.29, 1.82) is 0 Å². The molecule has 0 radical (unpaired) electrons. The van der Waals surface area contributed by atoms with Crippen LogP contribution in [0, 0.1) is 10.8 Å². The second kappa shape index (κ2) is 14.2. The van der Waals surface area contributed by atoms with Crippen LogP contribution in [0.15, 0.2) is 118 Å². The van der Waals surface area contributed by atoms with E-state index in [0.717, 1.165) is 6.42 Å². The van der Waals surface area contributed by atoms with E-state index in [-0.39, 0.29) is 28.6 Å². The van der Waals surface area contributed by atoms with Crippen molar-refractivity contribution in [3.63, 3.8) is 0 Å². The molecule has 2 aliphatic carbocycles. The minimum atomic E-state index is -0.374. The summed E-state index contributed by atoms with van der Waals surface area (Å²) in [5, 5.41) is 10.4. The molecule has 228 valence electrons. The zero-order valence-corrected chi connectivity index (χ0v) is 28.1. The molecule has 3 atom stereocenters. The van der Waals surface area contributed by atoms with Gasteiger partial charge in [0.15, 0.2) is 0 Å². The first-order chi connectivity index (χ1) is 19.6. The zero-order valence-electron chi connectivity index (χ0n) is 28.1. The van der Waals surface area contributed by atoms with Gasteiger partial charge in [-0.15, -0.1) is 0 Å². The topological polar surface area (TPSA) is 29.5 Å². The Morgan fingerprint density at radius 2 is 1.36 bits per heavy atom. The van der Waals surface area contributed by atoms with Crippen LogP contribution in [0.4, 0.5) is 0 Å². The Morgan fingerprint density at radius 3 is 1.98 bits per heavy atom. The predicted molar refractivity (Wildman–Crippen MR) is 182 cm³/mol. The first-order valence-electron chi connectivity index (χ1n) is 15.8. The third-order valence-corrected chi connectivity index (χ3v) is 9.15. The standard InChI is InChI=1S/C40H56O2/c1-29(18-13-19-31(3)23-24-35-32(4)22-15-25-38(35,6)7)16-11-12-17-30(2)20-14-21-33(5)36-26-37-39(8,9)27-34(41)28-40(37,10)42-36/h11-14,16-21,23-24,26,34,36,41H,15,22,25,27-28H2,1-10H3/b12-11+,18-13+,20-14+,24-23+,29-16+,30-17+,31-19+,33-21+/t34-,36?,40+/m0/s1. The second-order valence-corrected chi connectivity index (χ2v) is 14.3. The molecule has 0 saturated heterocycles. The van der Waals surface area contributed by atoms with Gasteiger partial charge in [0.05, 0.1) is 17.8 Å². The van der Waals surface area contributed by atoms with Gasteiger partial charge >= 0.3 is 0 Å². The van der Waals surface area contributed by atoms with E-state index in [1.54, 1.807) is 0 Å². The number of rotatable bonds is 9. The van der Waals surface area contributed by atoms with Crippen LogP contribution in [0.2, 0.25) is 0 Å². The van der Waals surface area contributed by atoms with Crippen molar-refractivity contribution in [3.8, 4) is 0 Å². The first-order valence-corrected chi connectivity index (χ1v) is 15.8. The van der Waals surface area contributed by atoms with Gasteiger partial charge in [0.1, 0.15) is 0 Å². The summed E-state index contributed by atoms with van der Waals surface area (Å²) >= 11 is 0. The van der Waals surface area contributed by atoms with Gasteiger partial charge in [-0.05, 0) is 101 Å². The van der Waals surface area contributed by atoms with Crippen LogP contribution in [0.1, 0.15) is 101 Å². The lowest BCUT2D eigenvalue weighted by atomic mass is 9.65. The molecule has 1 heterocycles. The molecule has 0 spiro atoms. The Bertz CT molecular complexity index is 1290. The molecule has 0 bridgehead atoms. The van der Waals surface area contributed by atoms with Crippen LogP contribution < -0.4 is 0 Å². The zero-order chi connectivity index (χ0) is 31.1. The molecule has 0 aromatic rings. The van der Waals surface area contributed by atoms with E-state index in [9.17, 15) is 5.11 Å². The summed E-state index contributed by atoms with van der Waals surface area (Å²) in [6.45, 7) is 22.1. The van der Waals surface area contributed by atoms with E-state index >= 15 is 0 Å². The van der Waals surface area contributed by atoms with Gasteiger partial charge in [0.2, 0.25) is 0 Å². The Labute approximate surface area is 257 Å². The molecule has 42 heavy (non-hydrogen) atoms. The monoisotopic (exact) mass is 568 g/mol. The molecule has 1 unspecified atom stereocenters. The summed E-state index contributed by atoms with van der Waals surface area (Å²) < 4.78 is 6.47. The minimum absolute atomic E-state index is 0.0372. The van der Waals surface area contributed by atoms with Crippen molar-refractivity contribution in [3.05, 3.63) is 118 Å². The Morgan fingerprint density at radius 1 is 0.786 bits per heavy atom. The summed E-state index contributed by atoms with van der Waals surface area (Å²) in [6, 6.07) is 0. The van der Waals surface area contributed by atoms with Gasteiger partial charge in [-0.25, -0.2) is 0 Å². The van der Waals surface area contributed by atoms with Crippen LogP contribution >= 0.6 is 0 Å². The third kappa shape index (κ3) is 9.16. The van der Waals surface area contributed by atoms with Crippen molar-refractivity contribution in [2.75, 3.05) is 0 Å². The fourth-order valence-electron chi connectivity index (χ4n) is 6.85. The van der Waals surface area contributed by atoms with Crippen LogP contribution in [0.3, 0.4) is 0 Å².